The van der Waals surface area contributed by atoms with Gasteiger partial charge in [0.15, 0.2) is 11.5 Å². The number of carbonyl (C=O) groups excluding carboxylic acids is 2. The molecular weight excluding hydrogens is 562 g/mol. The third-order valence-corrected chi connectivity index (χ3v) is 7.91. The lowest BCUT2D eigenvalue weighted by molar-refractivity contribution is -0.385. The highest BCUT2D eigenvalue weighted by atomic mass is 16.6. The normalized spacial score (nSPS) is 14.3. The van der Waals surface area contributed by atoms with Crippen molar-refractivity contribution in [1.82, 2.24) is 20.2 Å². The van der Waals surface area contributed by atoms with E-state index in [9.17, 15) is 19.7 Å². The van der Waals surface area contributed by atoms with Crippen molar-refractivity contribution < 1.29 is 24.0 Å². The number of rotatable bonds is 12. The predicted molar refractivity (Wildman–Crippen MR) is 168 cm³/mol. The smallest absolute Gasteiger partial charge is 0.276 e. The highest BCUT2D eigenvalue weighted by molar-refractivity contribution is 6.18. The van der Waals surface area contributed by atoms with Gasteiger partial charge in [-0.2, -0.15) is 0 Å². The number of imide groups is 1. The summed E-state index contributed by atoms with van der Waals surface area (Å²) in [5.74, 6) is 1.19. The minimum Gasteiger partial charge on any atom is -0.493 e. The van der Waals surface area contributed by atoms with Gasteiger partial charge < -0.3 is 19.8 Å². The molecule has 2 heterocycles. The number of benzene rings is 3. The summed E-state index contributed by atoms with van der Waals surface area (Å²) in [4.78, 5) is 47.4. The largest absolute Gasteiger partial charge is 0.493 e. The molecule has 0 radical (unpaired) electrons. The van der Waals surface area contributed by atoms with E-state index in [4.69, 9.17) is 9.47 Å². The first-order chi connectivity index (χ1) is 21.1. The van der Waals surface area contributed by atoms with E-state index in [2.05, 4.69) is 15.3 Å². The molecule has 44 heavy (non-hydrogen) atoms. The fourth-order valence-electron chi connectivity index (χ4n) is 5.51. The van der Waals surface area contributed by atoms with Crippen LogP contribution < -0.4 is 14.8 Å². The standard InChI is InChI=1S/C33H35N5O6/c1-33(2)23-12-13-24-30(36-28(35-24)15-11-22-8-5-6-9-25(22)38(41)42)29(23)31(39)37(32(33)40)19-7-17-34-18-16-21-10-14-26(43-3)27(20-21)44-4/h5-6,8-15,20,34H,7,16-19H2,1-4H3,(H,35,36)/b15-11+. The molecule has 0 saturated heterocycles. The third kappa shape index (κ3) is 5.91. The van der Waals surface area contributed by atoms with Gasteiger partial charge in [-0.15, -0.1) is 0 Å². The van der Waals surface area contributed by atoms with Crippen molar-refractivity contribution in [2.45, 2.75) is 32.1 Å². The first kappa shape index (κ1) is 30.4. The SMILES string of the molecule is COc1ccc(CCNCCCN2C(=O)c3c(ccc4[nH]c(/C=C/c5ccccc5[N+](=O)[O-])nc34)C(C)(C)C2=O)cc1OC. The van der Waals surface area contributed by atoms with Gasteiger partial charge in [-0.25, -0.2) is 4.98 Å². The Bertz CT molecular complexity index is 1760. The number of nitrogens with zero attached hydrogens (tertiary/aromatic N) is 3. The van der Waals surface area contributed by atoms with Gasteiger partial charge in [0.1, 0.15) is 11.3 Å². The molecular formula is C33H35N5O6. The number of aromatic amines is 1. The Hall–Kier alpha value is -5.03. The summed E-state index contributed by atoms with van der Waals surface area (Å²) in [6.45, 7) is 5.27. The van der Waals surface area contributed by atoms with Crippen molar-refractivity contribution in [3.8, 4) is 11.5 Å². The number of nitrogens with one attached hydrogen (secondary N) is 2. The number of imidazole rings is 1. The summed E-state index contributed by atoms with van der Waals surface area (Å²) in [7, 11) is 3.21. The van der Waals surface area contributed by atoms with Crippen molar-refractivity contribution in [2.75, 3.05) is 33.9 Å². The maximum absolute atomic E-state index is 13.8. The van der Waals surface area contributed by atoms with Crippen molar-refractivity contribution in [2.24, 2.45) is 0 Å². The molecule has 0 spiro atoms. The Morgan fingerprint density at radius 1 is 1.02 bits per heavy atom. The molecule has 0 fully saturated rings. The number of fused-ring (bicyclic) bond motifs is 3. The van der Waals surface area contributed by atoms with E-state index in [1.54, 1.807) is 50.6 Å². The molecule has 0 unspecified atom stereocenters. The second kappa shape index (κ2) is 12.7. The molecule has 0 saturated carbocycles. The van der Waals surface area contributed by atoms with Crippen LogP contribution in [0.25, 0.3) is 23.2 Å². The number of hydrogen-bond acceptors (Lipinski definition) is 8. The summed E-state index contributed by atoms with van der Waals surface area (Å²) in [5.41, 5.74) is 2.74. The number of para-hydroxylation sites is 1. The number of amides is 2. The van der Waals surface area contributed by atoms with Gasteiger partial charge in [0.25, 0.3) is 11.6 Å². The van der Waals surface area contributed by atoms with Gasteiger partial charge in [0, 0.05) is 12.6 Å². The van der Waals surface area contributed by atoms with Crippen molar-refractivity contribution >= 4 is 40.7 Å². The average Bonchev–Trinajstić information content (AvgIpc) is 3.45. The van der Waals surface area contributed by atoms with Crippen molar-refractivity contribution in [3.63, 3.8) is 0 Å². The number of nitro benzene ring substituents is 1. The van der Waals surface area contributed by atoms with Crippen LogP contribution in [-0.2, 0) is 16.6 Å². The van der Waals surface area contributed by atoms with Crippen LogP contribution in [0.3, 0.4) is 0 Å². The molecule has 0 atom stereocenters. The number of nitro groups is 1. The second-order valence-corrected chi connectivity index (χ2v) is 11.1. The minimum absolute atomic E-state index is 0.0150. The van der Waals surface area contributed by atoms with E-state index in [1.807, 2.05) is 38.1 Å². The molecule has 1 aliphatic rings. The Morgan fingerprint density at radius 3 is 2.55 bits per heavy atom. The Kier molecular flexibility index (Phi) is 8.77. The van der Waals surface area contributed by atoms with Gasteiger partial charge in [-0.1, -0.05) is 24.3 Å². The topological polar surface area (TPSA) is 140 Å². The van der Waals surface area contributed by atoms with E-state index in [-0.39, 0.29) is 24.0 Å². The first-order valence-electron chi connectivity index (χ1n) is 14.4. The van der Waals surface area contributed by atoms with Gasteiger partial charge in [0.2, 0.25) is 5.91 Å². The number of aromatic nitrogens is 2. The van der Waals surface area contributed by atoms with Crippen molar-refractivity contribution in [1.29, 1.82) is 0 Å². The fraction of sp³-hybridized carbons (Fsp3) is 0.303. The molecule has 11 heteroatoms. The summed E-state index contributed by atoms with van der Waals surface area (Å²) in [6.07, 6.45) is 4.63. The van der Waals surface area contributed by atoms with E-state index in [0.29, 0.717) is 58.0 Å². The zero-order valence-corrected chi connectivity index (χ0v) is 25.2. The minimum atomic E-state index is -0.919. The van der Waals surface area contributed by atoms with Crippen LogP contribution in [0.2, 0.25) is 0 Å². The highest BCUT2D eigenvalue weighted by Crippen LogP contribution is 2.38. The summed E-state index contributed by atoms with van der Waals surface area (Å²) in [6, 6.07) is 15.9. The van der Waals surface area contributed by atoms with Crippen LogP contribution in [-0.4, -0.2) is 65.5 Å². The van der Waals surface area contributed by atoms with Crippen LogP contribution in [0.4, 0.5) is 5.69 Å². The fourth-order valence-corrected chi connectivity index (χ4v) is 5.51. The number of methoxy groups -OCH3 is 2. The lowest BCUT2D eigenvalue weighted by atomic mass is 9.76. The van der Waals surface area contributed by atoms with Gasteiger partial charge in [-0.3, -0.25) is 24.6 Å². The Morgan fingerprint density at radius 2 is 1.80 bits per heavy atom. The lowest BCUT2D eigenvalue weighted by Crippen LogP contribution is -2.52. The van der Waals surface area contributed by atoms with Gasteiger partial charge >= 0.3 is 0 Å². The lowest BCUT2D eigenvalue weighted by Gasteiger charge is -2.37. The Balaban J connectivity index is 1.28. The highest BCUT2D eigenvalue weighted by Gasteiger charge is 2.45. The number of hydrogen-bond donors (Lipinski definition) is 2. The number of carbonyl (C=O) groups is 2. The van der Waals surface area contributed by atoms with E-state index in [0.717, 1.165) is 18.5 Å². The summed E-state index contributed by atoms with van der Waals surface area (Å²) in [5, 5.41) is 14.8. The third-order valence-electron chi connectivity index (χ3n) is 7.91. The van der Waals surface area contributed by atoms with E-state index < -0.39 is 10.3 Å². The van der Waals surface area contributed by atoms with Crippen LogP contribution in [0.5, 0.6) is 11.5 Å². The number of H-pyrrole nitrogens is 1. The average molecular weight is 598 g/mol. The molecule has 228 valence electrons. The second-order valence-electron chi connectivity index (χ2n) is 11.1. The molecule has 5 rings (SSSR count). The maximum atomic E-state index is 13.8. The molecule has 0 aliphatic carbocycles. The molecule has 11 nitrogen and oxygen atoms in total. The molecule has 1 aromatic heterocycles. The molecule has 0 bridgehead atoms. The number of ether oxygens (including phenoxy) is 2. The Labute approximate surface area is 255 Å². The molecule has 2 amide bonds. The molecule has 4 aromatic rings. The maximum Gasteiger partial charge on any atom is 0.276 e. The van der Waals surface area contributed by atoms with Gasteiger partial charge in [0.05, 0.1) is 41.2 Å². The van der Waals surface area contributed by atoms with E-state index >= 15 is 0 Å². The van der Waals surface area contributed by atoms with Crippen LogP contribution >= 0.6 is 0 Å². The summed E-state index contributed by atoms with van der Waals surface area (Å²) < 4.78 is 10.7. The van der Waals surface area contributed by atoms with Crippen LogP contribution in [0.1, 0.15) is 53.1 Å². The van der Waals surface area contributed by atoms with E-state index in [1.165, 1.54) is 11.0 Å². The van der Waals surface area contributed by atoms with Crippen LogP contribution in [0.15, 0.2) is 54.6 Å². The van der Waals surface area contributed by atoms with Crippen molar-refractivity contribution in [3.05, 3.63) is 92.8 Å². The molecule has 1 aliphatic heterocycles. The molecule has 3 aromatic carbocycles. The van der Waals surface area contributed by atoms with Gasteiger partial charge in [-0.05, 0) is 87.3 Å². The predicted octanol–water partition coefficient (Wildman–Crippen LogP) is 5.14. The summed E-state index contributed by atoms with van der Waals surface area (Å²) >= 11 is 0. The van der Waals surface area contributed by atoms with Crippen LogP contribution in [0, 0.1) is 10.1 Å². The molecule has 2 N–H and O–H groups in total. The zero-order chi connectivity index (χ0) is 31.4. The quantitative estimate of drug-likeness (QED) is 0.0990. The zero-order valence-electron chi connectivity index (χ0n) is 25.2. The first-order valence-corrected chi connectivity index (χ1v) is 14.4. The monoisotopic (exact) mass is 597 g/mol.